The molecule has 0 aliphatic carbocycles. The molecule has 3 nitrogen and oxygen atoms in total. The van der Waals surface area contributed by atoms with Crippen molar-refractivity contribution in [1.82, 2.24) is 0 Å². The molecule has 0 saturated carbocycles. The van der Waals surface area contributed by atoms with Crippen molar-refractivity contribution in [3.8, 4) is 0 Å². The van der Waals surface area contributed by atoms with Crippen molar-refractivity contribution >= 4 is 34.8 Å². The van der Waals surface area contributed by atoms with Crippen molar-refractivity contribution in [1.29, 1.82) is 0 Å². The van der Waals surface area contributed by atoms with Crippen LogP contribution in [0.15, 0.2) is 18.2 Å². The molecule has 0 aliphatic rings. The smallest absolute Gasteiger partial charge is 0.242 e. The van der Waals surface area contributed by atoms with Crippen LogP contribution >= 0.6 is 23.2 Å². The summed E-state index contributed by atoms with van der Waals surface area (Å²) in [5.41, 5.74) is 1.64. The minimum Gasteiger partial charge on any atom is -0.383 e. The zero-order chi connectivity index (χ0) is 12.8. The average Bonchev–Trinajstić information content (AvgIpc) is 2.32. The van der Waals surface area contributed by atoms with E-state index in [1.807, 2.05) is 19.1 Å². The zero-order valence-corrected chi connectivity index (χ0v) is 11.4. The Kier molecular flexibility index (Phi) is 5.75. The van der Waals surface area contributed by atoms with Gasteiger partial charge in [0, 0.05) is 13.7 Å². The average molecular weight is 276 g/mol. The van der Waals surface area contributed by atoms with Gasteiger partial charge in [-0.1, -0.05) is 23.7 Å². The maximum Gasteiger partial charge on any atom is 0.242 e. The van der Waals surface area contributed by atoms with Crippen molar-refractivity contribution in [2.24, 2.45) is 0 Å². The molecule has 1 amide bonds. The summed E-state index contributed by atoms with van der Waals surface area (Å²) in [5, 5.41) is 0.541. The van der Waals surface area contributed by atoms with Gasteiger partial charge in [-0.05, 0) is 18.6 Å². The Hall–Kier alpha value is -0.770. The van der Waals surface area contributed by atoms with Crippen LogP contribution in [0.3, 0.4) is 0 Å². The van der Waals surface area contributed by atoms with Gasteiger partial charge in [-0.3, -0.25) is 4.79 Å². The summed E-state index contributed by atoms with van der Waals surface area (Å²) >= 11 is 11.7. The van der Waals surface area contributed by atoms with Gasteiger partial charge in [0.25, 0.3) is 0 Å². The van der Waals surface area contributed by atoms with E-state index >= 15 is 0 Å². The summed E-state index contributed by atoms with van der Waals surface area (Å²) in [7, 11) is 1.59. The molecule has 0 bridgehead atoms. The van der Waals surface area contributed by atoms with Crippen LogP contribution in [0.1, 0.15) is 5.56 Å². The van der Waals surface area contributed by atoms with E-state index in [2.05, 4.69) is 0 Å². The topological polar surface area (TPSA) is 29.5 Å². The lowest BCUT2D eigenvalue weighted by Gasteiger charge is -2.24. The third-order valence-electron chi connectivity index (χ3n) is 2.39. The molecule has 5 heteroatoms. The monoisotopic (exact) mass is 275 g/mol. The summed E-state index contributed by atoms with van der Waals surface area (Å²) in [6, 6.07) is 5.51. The Labute approximate surface area is 111 Å². The van der Waals surface area contributed by atoms with E-state index in [9.17, 15) is 4.79 Å². The first-order valence-corrected chi connectivity index (χ1v) is 6.13. The molecular weight excluding hydrogens is 261 g/mol. The van der Waals surface area contributed by atoms with Crippen LogP contribution in [0.4, 0.5) is 5.69 Å². The highest BCUT2D eigenvalue weighted by Crippen LogP contribution is 2.29. The van der Waals surface area contributed by atoms with Gasteiger partial charge >= 0.3 is 0 Å². The minimum atomic E-state index is -0.181. The van der Waals surface area contributed by atoms with Gasteiger partial charge in [0.15, 0.2) is 0 Å². The number of alkyl halides is 1. The highest BCUT2D eigenvalue weighted by molar-refractivity contribution is 6.35. The SMILES string of the molecule is COCCN(C(=O)CCl)c1c(C)cccc1Cl. The largest absolute Gasteiger partial charge is 0.383 e. The standard InChI is InChI=1S/C12H15Cl2NO2/c1-9-4-3-5-10(14)12(9)15(6-7-17-2)11(16)8-13/h3-5H,6-8H2,1-2H3. The van der Waals surface area contributed by atoms with Gasteiger partial charge in [0.2, 0.25) is 5.91 Å². The Morgan fingerprint density at radius 2 is 2.18 bits per heavy atom. The quantitative estimate of drug-likeness (QED) is 0.774. The number of amides is 1. The van der Waals surface area contributed by atoms with Crippen LogP contribution in [0.25, 0.3) is 0 Å². The molecule has 1 aromatic carbocycles. The molecule has 0 aliphatic heterocycles. The molecule has 0 aromatic heterocycles. The highest BCUT2D eigenvalue weighted by atomic mass is 35.5. The third kappa shape index (κ3) is 3.60. The fourth-order valence-corrected chi connectivity index (χ4v) is 2.05. The molecule has 0 radical (unpaired) electrons. The first-order chi connectivity index (χ1) is 8.11. The molecule has 17 heavy (non-hydrogen) atoms. The van der Waals surface area contributed by atoms with Crippen molar-refractivity contribution in [3.05, 3.63) is 28.8 Å². The second kappa shape index (κ2) is 6.84. The maximum atomic E-state index is 11.8. The van der Waals surface area contributed by atoms with Gasteiger partial charge < -0.3 is 9.64 Å². The number of methoxy groups -OCH3 is 1. The number of para-hydroxylation sites is 1. The van der Waals surface area contributed by atoms with E-state index in [0.717, 1.165) is 5.56 Å². The predicted octanol–water partition coefficient (Wildman–Crippen LogP) is 2.87. The fourth-order valence-electron chi connectivity index (χ4n) is 1.58. The Morgan fingerprint density at radius 3 is 2.71 bits per heavy atom. The molecule has 0 heterocycles. The Balaban J connectivity index is 3.07. The summed E-state index contributed by atoms with van der Waals surface area (Å²) in [5.74, 6) is -0.256. The number of ether oxygens (including phenoxy) is 1. The molecule has 0 spiro atoms. The van der Waals surface area contributed by atoms with Gasteiger partial charge in [-0.2, -0.15) is 0 Å². The van der Waals surface area contributed by atoms with Crippen molar-refractivity contribution in [2.75, 3.05) is 31.0 Å². The number of benzene rings is 1. The lowest BCUT2D eigenvalue weighted by Crippen LogP contribution is -2.35. The number of rotatable bonds is 5. The summed E-state index contributed by atoms with van der Waals surface area (Å²) in [4.78, 5) is 13.4. The predicted molar refractivity (Wildman–Crippen MR) is 71.1 cm³/mol. The van der Waals surface area contributed by atoms with E-state index in [1.165, 1.54) is 0 Å². The first kappa shape index (κ1) is 14.3. The molecular formula is C12H15Cl2NO2. The van der Waals surface area contributed by atoms with Crippen LogP contribution in [-0.4, -0.2) is 32.0 Å². The van der Waals surface area contributed by atoms with Crippen LogP contribution in [0, 0.1) is 6.92 Å². The van der Waals surface area contributed by atoms with Gasteiger partial charge in [0.05, 0.1) is 17.3 Å². The first-order valence-electron chi connectivity index (χ1n) is 5.22. The summed E-state index contributed by atoms with van der Waals surface area (Å²) in [6.45, 7) is 2.78. The number of carbonyl (C=O) groups excluding carboxylic acids is 1. The lowest BCUT2D eigenvalue weighted by atomic mass is 10.2. The fraction of sp³-hybridized carbons (Fsp3) is 0.417. The van der Waals surface area contributed by atoms with Crippen molar-refractivity contribution < 1.29 is 9.53 Å². The minimum absolute atomic E-state index is 0.0750. The van der Waals surface area contributed by atoms with E-state index in [1.54, 1.807) is 18.1 Å². The van der Waals surface area contributed by atoms with Crippen LogP contribution < -0.4 is 4.90 Å². The van der Waals surface area contributed by atoms with Crippen LogP contribution in [0.5, 0.6) is 0 Å². The van der Waals surface area contributed by atoms with Gasteiger partial charge in [0.1, 0.15) is 5.88 Å². The number of hydrogen-bond donors (Lipinski definition) is 0. The van der Waals surface area contributed by atoms with E-state index < -0.39 is 0 Å². The van der Waals surface area contributed by atoms with E-state index in [-0.39, 0.29) is 11.8 Å². The zero-order valence-electron chi connectivity index (χ0n) is 9.87. The second-order valence-corrected chi connectivity index (χ2v) is 4.25. The molecule has 1 rings (SSSR count). The summed E-state index contributed by atoms with van der Waals surface area (Å²) in [6.07, 6.45) is 0. The number of hydrogen-bond acceptors (Lipinski definition) is 2. The number of aryl methyl sites for hydroxylation is 1. The van der Waals surface area contributed by atoms with E-state index in [0.29, 0.717) is 23.9 Å². The van der Waals surface area contributed by atoms with Gasteiger partial charge in [-0.15, -0.1) is 11.6 Å². The van der Waals surface area contributed by atoms with Crippen LogP contribution in [-0.2, 0) is 9.53 Å². The Morgan fingerprint density at radius 1 is 1.47 bits per heavy atom. The third-order valence-corrected chi connectivity index (χ3v) is 2.93. The second-order valence-electron chi connectivity index (χ2n) is 3.58. The molecule has 0 N–H and O–H groups in total. The summed E-state index contributed by atoms with van der Waals surface area (Å²) < 4.78 is 4.99. The molecule has 1 aromatic rings. The normalized spacial score (nSPS) is 10.4. The Bertz CT molecular complexity index is 376. The molecule has 94 valence electrons. The number of carbonyl (C=O) groups is 1. The number of nitrogens with zero attached hydrogens (tertiary/aromatic N) is 1. The number of anilines is 1. The molecule has 0 atom stereocenters. The molecule has 0 unspecified atom stereocenters. The molecule has 0 fully saturated rings. The lowest BCUT2D eigenvalue weighted by molar-refractivity contribution is -0.116. The van der Waals surface area contributed by atoms with E-state index in [4.69, 9.17) is 27.9 Å². The van der Waals surface area contributed by atoms with Crippen LogP contribution in [0.2, 0.25) is 5.02 Å². The highest BCUT2D eigenvalue weighted by Gasteiger charge is 2.18. The van der Waals surface area contributed by atoms with Gasteiger partial charge in [-0.25, -0.2) is 0 Å². The maximum absolute atomic E-state index is 11.8. The van der Waals surface area contributed by atoms with Crippen molar-refractivity contribution in [2.45, 2.75) is 6.92 Å². The number of halogens is 2. The van der Waals surface area contributed by atoms with Crippen molar-refractivity contribution in [3.63, 3.8) is 0 Å². The molecule has 0 saturated heterocycles.